The number of halogens is 1. The Morgan fingerprint density at radius 2 is 2.29 bits per heavy atom. The van der Waals surface area contributed by atoms with E-state index in [0.29, 0.717) is 28.5 Å². The Morgan fingerprint density at radius 3 is 3.00 bits per heavy atom. The van der Waals surface area contributed by atoms with Crippen molar-refractivity contribution in [3.8, 4) is 17.0 Å². The van der Waals surface area contributed by atoms with E-state index in [1.54, 1.807) is 39.1 Å². The molecule has 0 saturated heterocycles. The third-order valence-electron chi connectivity index (χ3n) is 4.19. The van der Waals surface area contributed by atoms with Crippen LogP contribution in [0.4, 0.5) is 4.39 Å². The van der Waals surface area contributed by atoms with Crippen LogP contribution in [-0.2, 0) is 6.54 Å². The molecule has 0 saturated carbocycles. The van der Waals surface area contributed by atoms with E-state index in [-0.39, 0.29) is 17.7 Å². The van der Waals surface area contributed by atoms with Crippen LogP contribution < -0.4 is 10.1 Å². The molecule has 1 atom stereocenters. The highest BCUT2D eigenvalue weighted by Crippen LogP contribution is 2.27. The van der Waals surface area contributed by atoms with Gasteiger partial charge in [-0.15, -0.1) is 11.3 Å². The lowest BCUT2D eigenvalue weighted by Crippen LogP contribution is -2.36. The van der Waals surface area contributed by atoms with E-state index in [2.05, 4.69) is 20.4 Å². The lowest BCUT2D eigenvalue weighted by atomic mass is 10.1. The first-order valence-corrected chi connectivity index (χ1v) is 9.37. The molecule has 4 aromatic rings. The smallest absolute Gasteiger partial charge is 0.269 e. The molecule has 1 unspecified atom stereocenters. The van der Waals surface area contributed by atoms with Crippen LogP contribution >= 0.6 is 11.3 Å². The normalized spacial score (nSPS) is 12.2. The van der Waals surface area contributed by atoms with Crippen molar-refractivity contribution in [2.45, 2.75) is 19.5 Å². The molecule has 0 spiro atoms. The van der Waals surface area contributed by atoms with Gasteiger partial charge in [-0.05, 0) is 25.1 Å². The van der Waals surface area contributed by atoms with Gasteiger partial charge in [-0.25, -0.2) is 14.4 Å². The van der Waals surface area contributed by atoms with Gasteiger partial charge in [0.15, 0.2) is 16.5 Å². The van der Waals surface area contributed by atoms with Gasteiger partial charge >= 0.3 is 0 Å². The summed E-state index contributed by atoms with van der Waals surface area (Å²) < 4.78 is 22.3. The summed E-state index contributed by atoms with van der Waals surface area (Å²) in [6.07, 6.45) is 4.78. The van der Waals surface area contributed by atoms with Gasteiger partial charge in [0, 0.05) is 23.2 Å². The zero-order valence-electron chi connectivity index (χ0n) is 15.2. The number of fused-ring (bicyclic) bond motifs is 1. The molecule has 0 aliphatic carbocycles. The van der Waals surface area contributed by atoms with E-state index in [1.165, 1.54) is 30.8 Å². The molecular weight excluding hydrogens is 383 g/mol. The monoisotopic (exact) mass is 400 g/mol. The van der Waals surface area contributed by atoms with Crippen molar-refractivity contribution < 1.29 is 13.9 Å². The molecule has 1 amide bonds. The average Bonchev–Trinajstić information content (AvgIpc) is 3.38. The lowest BCUT2D eigenvalue weighted by molar-refractivity contribution is 0.0930. The Labute approximate surface area is 163 Å². The van der Waals surface area contributed by atoms with Gasteiger partial charge < -0.3 is 10.1 Å². The quantitative estimate of drug-likeness (QED) is 0.538. The second-order valence-electron chi connectivity index (χ2n) is 6.24. The summed E-state index contributed by atoms with van der Waals surface area (Å²) in [5.41, 5.74) is 1.66. The minimum absolute atomic E-state index is 0.136. The maximum absolute atomic E-state index is 14.0. The fourth-order valence-electron chi connectivity index (χ4n) is 2.86. The number of nitrogens with zero attached hydrogens (tertiary/aromatic N) is 5. The molecule has 1 aromatic carbocycles. The first kappa shape index (κ1) is 18.1. The fourth-order valence-corrected chi connectivity index (χ4v) is 3.72. The van der Waals surface area contributed by atoms with Crippen LogP contribution in [-0.4, -0.2) is 43.2 Å². The Morgan fingerprint density at radius 1 is 1.43 bits per heavy atom. The second kappa shape index (κ2) is 7.39. The Hall–Kier alpha value is -3.27. The zero-order chi connectivity index (χ0) is 19.7. The first-order valence-electron chi connectivity index (χ1n) is 8.49. The molecular formula is C18H17FN6O2S. The number of thiazole rings is 1. The molecule has 0 aliphatic heterocycles. The molecule has 28 heavy (non-hydrogen) atoms. The van der Waals surface area contributed by atoms with Crippen LogP contribution in [0, 0.1) is 5.82 Å². The molecule has 0 radical (unpaired) electrons. The van der Waals surface area contributed by atoms with E-state index < -0.39 is 5.82 Å². The molecule has 0 fully saturated rings. The molecule has 3 heterocycles. The third-order valence-corrected chi connectivity index (χ3v) is 5.03. The van der Waals surface area contributed by atoms with E-state index in [9.17, 15) is 9.18 Å². The lowest BCUT2D eigenvalue weighted by Gasteiger charge is -2.13. The van der Waals surface area contributed by atoms with Crippen molar-refractivity contribution in [3.63, 3.8) is 0 Å². The maximum atomic E-state index is 14.0. The molecule has 8 nitrogen and oxygen atoms in total. The number of carbonyl (C=O) groups excluding carboxylic acids is 1. The van der Waals surface area contributed by atoms with Crippen molar-refractivity contribution in [2.24, 2.45) is 0 Å². The topological polar surface area (TPSA) is 86.3 Å². The summed E-state index contributed by atoms with van der Waals surface area (Å²) in [5.74, 6) is -0.508. The van der Waals surface area contributed by atoms with E-state index >= 15 is 0 Å². The van der Waals surface area contributed by atoms with Crippen molar-refractivity contribution in [2.75, 3.05) is 7.11 Å². The summed E-state index contributed by atoms with van der Waals surface area (Å²) in [6.45, 7) is 2.40. The van der Waals surface area contributed by atoms with Crippen LogP contribution in [0.25, 0.3) is 16.2 Å². The number of nitrogens with one attached hydrogen (secondary N) is 1. The van der Waals surface area contributed by atoms with Gasteiger partial charge in [-0.2, -0.15) is 5.10 Å². The SMILES string of the molecule is COc1ccc(-c2cn3c(C(=O)NC(C)Cn4cncn4)csc3n2)cc1F. The second-order valence-corrected chi connectivity index (χ2v) is 7.08. The summed E-state index contributed by atoms with van der Waals surface area (Å²) in [7, 11) is 1.42. The van der Waals surface area contributed by atoms with Crippen molar-refractivity contribution in [1.29, 1.82) is 0 Å². The van der Waals surface area contributed by atoms with Gasteiger partial charge in [0.25, 0.3) is 5.91 Å². The first-order chi connectivity index (χ1) is 13.5. The summed E-state index contributed by atoms with van der Waals surface area (Å²) in [6, 6.07) is 4.51. The van der Waals surface area contributed by atoms with Crippen LogP contribution in [0.15, 0.2) is 42.4 Å². The van der Waals surface area contributed by atoms with Crippen LogP contribution in [0.5, 0.6) is 5.75 Å². The molecule has 4 rings (SSSR count). The highest BCUT2D eigenvalue weighted by atomic mass is 32.1. The number of hydrogen-bond donors (Lipinski definition) is 1. The Kier molecular flexibility index (Phi) is 4.78. The maximum Gasteiger partial charge on any atom is 0.269 e. The van der Waals surface area contributed by atoms with Crippen molar-refractivity contribution in [3.05, 3.63) is 53.9 Å². The van der Waals surface area contributed by atoms with Crippen LogP contribution in [0.1, 0.15) is 17.4 Å². The molecule has 1 N–H and O–H groups in total. The van der Waals surface area contributed by atoms with Crippen LogP contribution in [0.2, 0.25) is 0 Å². The molecule has 10 heteroatoms. The number of benzene rings is 1. The summed E-state index contributed by atoms with van der Waals surface area (Å²) >= 11 is 1.35. The standard InChI is InChI=1S/C18H17FN6O2S/c1-11(6-24-10-20-9-21-24)22-17(26)15-8-28-18-23-14(7-25(15)18)12-3-4-16(27-2)13(19)5-12/h3-5,7-11H,6H2,1-2H3,(H,22,26). The zero-order valence-corrected chi connectivity index (χ0v) is 16.0. The van der Waals surface area contributed by atoms with Gasteiger partial charge in [-0.1, -0.05) is 0 Å². The number of imidazole rings is 1. The summed E-state index contributed by atoms with van der Waals surface area (Å²) in [4.78, 5) is 21.7. The number of aromatic nitrogens is 5. The number of methoxy groups -OCH3 is 1. The molecule has 3 aromatic heterocycles. The number of rotatable bonds is 6. The predicted octanol–water partition coefficient (Wildman–Crippen LogP) is 2.62. The highest BCUT2D eigenvalue weighted by Gasteiger charge is 2.18. The number of ether oxygens (including phenoxy) is 1. The average molecular weight is 400 g/mol. The number of carbonyl (C=O) groups is 1. The highest BCUT2D eigenvalue weighted by molar-refractivity contribution is 7.15. The molecule has 0 bridgehead atoms. The molecule has 144 valence electrons. The minimum Gasteiger partial charge on any atom is -0.494 e. The largest absolute Gasteiger partial charge is 0.494 e. The number of amides is 1. The summed E-state index contributed by atoms with van der Waals surface area (Å²) in [5, 5.41) is 8.72. The van der Waals surface area contributed by atoms with E-state index in [1.807, 2.05) is 6.92 Å². The van der Waals surface area contributed by atoms with Crippen molar-refractivity contribution >= 4 is 22.2 Å². The van der Waals surface area contributed by atoms with Gasteiger partial charge in [0.2, 0.25) is 0 Å². The van der Waals surface area contributed by atoms with Crippen LogP contribution in [0.3, 0.4) is 0 Å². The fraction of sp³-hybridized carbons (Fsp3) is 0.222. The van der Waals surface area contributed by atoms with Gasteiger partial charge in [0.1, 0.15) is 18.3 Å². The molecule has 0 aliphatic rings. The van der Waals surface area contributed by atoms with Gasteiger partial charge in [0.05, 0.1) is 19.3 Å². The van der Waals surface area contributed by atoms with Crippen molar-refractivity contribution in [1.82, 2.24) is 29.5 Å². The van der Waals surface area contributed by atoms with E-state index in [4.69, 9.17) is 4.74 Å². The minimum atomic E-state index is -0.462. The van der Waals surface area contributed by atoms with Gasteiger partial charge in [-0.3, -0.25) is 13.9 Å². The van der Waals surface area contributed by atoms with E-state index in [0.717, 1.165) is 0 Å². The Bertz CT molecular complexity index is 1120. The predicted molar refractivity (Wildman–Crippen MR) is 102 cm³/mol. The third kappa shape index (κ3) is 3.46. The Balaban J connectivity index is 1.55. The number of hydrogen-bond acceptors (Lipinski definition) is 6.